The summed E-state index contributed by atoms with van der Waals surface area (Å²) in [5, 5.41) is 19.0. The minimum Gasteiger partial charge on any atom is -0.504 e. The van der Waals surface area contributed by atoms with Crippen LogP contribution >= 0.6 is 27.7 Å². The Balaban J connectivity index is 1.86. The zero-order valence-corrected chi connectivity index (χ0v) is 14.7. The predicted molar refractivity (Wildman–Crippen MR) is 95.4 cm³/mol. The van der Waals surface area contributed by atoms with Crippen molar-refractivity contribution in [2.24, 2.45) is 0 Å². The van der Waals surface area contributed by atoms with E-state index in [0.717, 1.165) is 26.7 Å². The maximum atomic E-state index is 12.5. The number of amides is 2. The van der Waals surface area contributed by atoms with Crippen molar-refractivity contribution < 1.29 is 19.8 Å². The topological polar surface area (TPSA) is 77.8 Å². The molecule has 1 aliphatic heterocycles. The van der Waals surface area contributed by atoms with Gasteiger partial charge in [-0.1, -0.05) is 40.2 Å². The quantitative estimate of drug-likeness (QED) is 0.593. The van der Waals surface area contributed by atoms with Crippen LogP contribution in [0.5, 0.6) is 11.5 Å². The van der Waals surface area contributed by atoms with Crippen LogP contribution in [0.2, 0.25) is 0 Å². The number of carbonyl (C=O) groups is 2. The molecule has 3 rings (SSSR count). The Morgan fingerprint density at radius 2 is 1.88 bits per heavy atom. The first-order valence-electron chi connectivity index (χ1n) is 6.96. The number of aromatic hydroxyl groups is 2. The van der Waals surface area contributed by atoms with Gasteiger partial charge in [0.05, 0.1) is 11.4 Å². The first kappa shape index (κ1) is 16.6. The molecule has 1 aliphatic rings. The highest BCUT2D eigenvalue weighted by atomic mass is 79.9. The van der Waals surface area contributed by atoms with Crippen LogP contribution in [0.15, 0.2) is 51.8 Å². The van der Waals surface area contributed by atoms with Crippen LogP contribution in [0.1, 0.15) is 11.1 Å². The molecule has 1 fully saturated rings. The van der Waals surface area contributed by atoms with Crippen LogP contribution in [-0.2, 0) is 11.3 Å². The Morgan fingerprint density at radius 1 is 1.12 bits per heavy atom. The summed E-state index contributed by atoms with van der Waals surface area (Å²) in [5.41, 5.74) is 1.11. The molecular formula is C17H12BrNO4S. The number of nitrogens with zero attached hydrogens (tertiary/aromatic N) is 1. The molecule has 2 aromatic rings. The number of para-hydroxylation sites is 1. The van der Waals surface area contributed by atoms with Crippen molar-refractivity contribution in [2.75, 3.05) is 0 Å². The molecule has 2 N–H and O–H groups in total. The van der Waals surface area contributed by atoms with E-state index in [2.05, 4.69) is 15.9 Å². The SMILES string of the molecule is O=C1SC(=Cc2cccc(O)c2O)C(=O)N1Cc1cccc(Br)c1. The summed E-state index contributed by atoms with van der Waals surface area (Å²) in [6.45, 7) is 0.174. The summed E-state index contributed by atoms with van der Waals surface area (Å²) in [5.74, 6) is -1.03. The lowest BCUT2D eigenvalue weighted by atomic mass is 10.1. The monoisotopic (exact) mass is 405 g/mol. The molecule has 2 aromatic carbocycles. The van der Waals surface area contributed by atoms with Gasteiger partial charge in [-0.25, -0.2) is 0 Å². The van der Waals surface area contributed by atoms with Crippen molar-refractivity contribution in [3.63, 3.8) is 0 Å². The van der Waals surface area contributed by atoms with Gasteiger partial charge in [-0.05, 0) is 41.6 Å². The van der Waals surface area contributed by atoms with Gasteiger partial charge in [0.1, 0.15) is 0 Å². The number of halogens is 1. The molecule has 0 spiro atoms. The number of thioether (sulfide) groups is 1. The summed E-state index contributed by atoms with van der Waals surface area (Å²) in [7, 11) is 0. The Labute approximate surface area is 150 Å². The number of hydrogen-bond acceptors (Lipinski definition) is 5. The van der Waals surface area contributed by atoms with Gasteiger partial charge in [-0.2, -0.15) is 0 Å². The fourth-order valence-corrected chi connectivity index (χ4v) is 3.54. The minimum atomic E-state index is -0.423. The van der Waals surface area contributed by atoms with E-state index in [0.29, 0.717) is 0 Å². The van der Waals surface area contributed by atoms with E-state index in [-0.39, 0.29) is 33.8 Å². The third kappa shape index (κ3) is 3.32. The van der Waals surface area contributed by atoms with Crippen LogP contribution in [0, 0.1) is 0 Å². The molecule has 2 amide bonds. The molecule has 0 radical (unpaired) electrons. The van der Waals surface area contributed by atoms with E-state index in [1.54, 1.807) is 12.1 Å². The fraction of sp³-hybridized carbons (Fsp3) is 0.0588. The molecule has 1 heterocycles. The summed E-state index contributed by atoms with van der Waals surface area (Å²) in [4.78, 5) is 26.0. The first-order valence-corrected chi connectivity index (χ1v) is 8.57. The zero-order valence-electron chi connectivity index (χ0n) is 12.3. The number of rotatable bonds is 3. The minimum absolute atomic E-state index is 0.174. The summed E-state index contributed by atoms with van der Waals surface area (Å²) >= 11 is 4.16. The van der Waals surface area contributed by atoms with Gasteiger partial charge in [-0.3, -0.25) is 14.5 Å². The third-order valence-electron chi connectivity index (χ3n) is 3.44. The molecule has 1 saturated heterocycles. The Hall–Kier alpha value is -2.25. The Bertz CT molecular complexity index is 865. The summed E-state index contributed by atoms with van der Waals surface area (Å²) < 4.78 is 0.868. The number of phenolic OH excluding ortho intramolecular Hbond substituents is 2. The van der Waals surface area contributed by atoms with E-state index in [1.807, 2.05) is 24.3 Å². The number of imide groups is 1. The molecule has 122 valence electrons. The number of hydrogen-bond donors (Lipinski definition) is 2. The third-order valence-corrected chi connectivity index (χ3v) is 4.84. The van der Waals surface area contributed by atoms with Crippen molar-refractivity contribution in [3.8, 4) is 11.5 Å². The summed E-state index contributed by atoms with van der Waals surface area (Å²) in [6, 6.07) is 11.8. The molecule has 24 heavy (non-hydrogen) atoms. The highest BCUT2D eigenvalue weighted by Crippen LogP contribution is 2.36. The van der Waals surface area contributed by atoms with Gasteiger partial charge in [0.25, 0.3) is 11.1 Å². The lowest BCUT2D eigenvalue weighted by molar-refractivity contribution is -0.123. The van der Waals surface area contributed by atoms with E-state index in [9.17, 15) is 19.8 Å². The van der Waals surface area contributed by atoms with Gasteiger partial charge >= 0.3 is 0 Å². The Morgan fingerprint density at radius 3 is 2.62 bits per heavy atom. The summed E-state index contributed by atoms with van der Waals surface area (Å²) in [6.07, 6.45) is 1.40. The van der Waals surface area contributed by atoms with Crippen molar-refractivity contribution in [2.45, 2.75) is 6.54 Å². The lowest BCUT2D eigenvalue weighted by Crippen LogP contribution is -2.27. The van der Waals surface area contributed by atoms with Crippen molar-refractivity contribution in [1.82, 2.24) is 4.90 Å². The van der Waals surface area contributed by atoms with Gasteiger partial charge in [0.15, 0.2) is 11.5 Å². The first-order chi connectivity index (χ1) is 11.5. The second kappa shape index (κ2) is 6.70. The molecule has 0 atom stereocenters. The number of carbonyl (C=O) groups excluding carboxylic acids is 2. The second-order valence-electron chi connectivity index (χ2n) is 5.11. The molecule has 0 bridgehead atoms. The van der Waals surface area contributed by atoms with E-state index >= 15 is 0 Å². The average Bonchev–Trinajstić information content (AvgIpc) is 2.79. The molecule has 0 aliphatic carbocycles. The van der Waals surface area contributed by atoms with Crippen LogP contribution in [0.3, 0.4) is 0 Å². The fourth-order valence-electron chi connectivity index (χ4n) is 2.26. The van der Waals surface area contributed by atoms with E-state index < -0.39 is 5.91 Å². The highest BCUT2D eigenvalue weighted by molar-refractivity contribution is 9.10. The van der Waals surface area contributed by atoms with Crippen molar-refractivity contribution >= 4 is 44.9 Å². The average molecular weight is 406 g/mol. The van der Waals surface area contributed by atoms with Gasteiger partial charge in [0, 0.05) is 10.0 Å². The molecule has 0 saturated carbocycles. The lowest BCUT2D eigenvalue weighted by Gasteiger charge is -2.12. The van der Waals surface area contributed by atoms with Gasteiger partial charge in [-0.15, -0.1) is 0 Å². The van der Waals surface area contributed by atoms with Crippen molar-refractivity contribution in [1.29, 1.82) is 0 Å². The van der Waals surface area contributed by atoms with Crippen LogP contribution in [0.25, 0.3) is 6.08 Å². The van der Waals surface area contributed by atoms with E-state index in [4.69, 9.17) is 0 Å². The molecule has 0 aromatic heterocycles. The standard InChI is InChI=1S/C17H12BrNO4S/c18-12-5-1-3-10(7-12)9-19-16(22)14(24-17(19)23)8-11-4-2-6-13(20)15(11)21/h1-8,20-21H,9H2. The van der Waals surface area contributed by atoms with Crippen LogP contribution in [0.4, 0.5) is 4.79 Å². The largest absolute Gasteiger partial charge is 0.504 e. The van der Waals surface area contributed by atoms with E-state index in [1.165, 1.54) is 12.1 Å². The molecular weight excluding hydrogens is 394 g/mol. The van der Waals surface area contributed by atoms with Crippen LogP contribution in [-0.4, -0.2) is 26.3 Å². The smallest absolute Gasteiger partial charge is 0.293 e. The van der Waals surface area contributed by atoms with Gasteiger partial charge < -0.3 is 10.2 Å². The second-order valence-corrected chi connectivity index (χ2v) is 7.02. The molecule has 7 heteroatoms. The molecule has 5 nitrogen and oxygen atoms in total. The molecule has 0 unspecified atom stereocenters. The predicted octanol–water partition coefficient (Wildman–Crippen LogP) is 4.10. The highest BCUT2D eigenvalue weighted by Gasteiger charge is 2.35. The van der Waals surface area contributed by atoms with Gasteiger partial charge in [0.2, 0.25) is 0 Å². The normalized spacial score (nSPS) is 16.2. The zero-order chi connectivity index (χ0) is 17.3. The maximum absolute atomic E-state index is 12.5. The maximum Gasteiger partial charge on any atom is 0.293 e. The van der Waals surface area contributed by atoms with Crippen LogP contribution < -0.4 is 0 Å². The number of benzene rings is 2. The van der Waals surface area contributed by atoms with Crippen molar-refractivity contribution in [3.05, 3.63) is 63.0 Å². The Kier molecular flexibility index (Phi) is 4.64. The number of phenols is 2.